The zero-order valence-corrected chi connectivity index (χ0v) is 8.33. The highest BCUT2D eigenvalue weighted by atomic mass is 16.5. The Bertz CT molecular complexity index is 109. The molecule has 78 valence electrons. The van der Waals surface area contributed by atoms with Crippen molar-refractivity contribution < 1.29 is 14.2 Å². The molecule has 13 heavy (non-hydrogen) atoms. The molecule has 0 atom stereocenters. The van der Waals surface area contributed by atoms with Crippen LogP contribution < -0.4 is 0 Å². The van der Waals surface area contributed by atoms with Gasteiger partial charge in [-0.1, -0.05) is 0 Å². The Labute approximate surface area is 79.8 Å². The van der Waals surface area contributed by atoms with E-state index in [0.717, 1.165) is 26.3 Å². The smallest absolute Gasteiger partial charge is 0.0701 e. The van der Waals surface area contributed by atoms with Crippen LogP contribution in [0.5, 0.6) is 0 Å². The van der Waals surface area contributed by atoms with Crippen molar-refractivity contribution in [1.29, 1.82) is 0 Å². The van der Waals surface area contributed by atoms with Gasteiger partial charge in [0.25, 0.3) is 0 Å². The number of hydrogen-bond donors (Lipinski definition) is 0. The van der Waals surface area contributed by atoms with E-state index in [0.29, 0.717) is 26.4 Å². The van der Waals surface area contributed by atoms with Crippen molar-refractivity contribution in [1.82, 2.24) is 4.90 Å². The zero-order valence-electron chi connectivity index (χ0n) is 8.33. The summed E-state index contributed by atoms with van der Waals surface area (Å²) in [5.41, 5.74) is 0. The van der Waals surface area contributed by atoms with E-state index in [4.69, 9.17) is 14.2 Å². The summed E-state index contributed by atoms with van der Waals surface area (Å²) in [4.78, 5) is 2.21. The van der Waals surface area contributed by atoms with E-state index in [2.05, 4.69) is 11.9 Å². The van der Waals surface area contributed by atoms with E-state index in [-0.39, 0.29) is 0 Å². The van der Waals surface area contributed by atoms with Gasteiger partial charge in [-0.05, 0) is 7.05 Å². The molecule has 0 aliphatic carbocycles. The Kier molecular flexibility index (Phi) is 6.10. The van der Waals surface area contributed by atoms with Crippen molar-refractivity contribution in [3.8, 4) is 0 Å². The fourth-order valence-corrected chi connectivity index (χ4v) is 1.09. The first-order valence-corrected chi connectivity index (χ1v) is 4.81. The lowest BCUT2D eigenvalue weighted by atomic mass is 10.5. The van der Waals surface area contributed by atoms with E-state index < -0.39 is 0 Å². The van der Waals surface area contributed by atoms with Crippen molar-refractivity contribution in [2.75, 3.05) is 59.8 Å². The molecular weight excluding hydrogens is 170 g/mol. The van der Waals surface area contributed by atoms with E-state index in [1.165, 1.54) is 0 Å². The highest BCUT2D eigenvalue weighted by Gasteiger charge is 2.00. The molecule has 0 spiro atoms. The van der Waals surface area contributed by atoms with Gasteiger partial charge in [0.2, 0.25) is 0 Å². The van der Waals surface area contributed by atoms with E-state index >= 15 is 0 Å². The third kappa shape index (κ3) is 5.99. The highest BCUT2D eigenvalue weighted by molar-refractivity contribution is 4.50. The van der Waals surface area contributed by atoms with Crippen LogP contribution in [0.4, 0.5) is 0 Å². The van der Waals surface area contributed by atoms with Gasteiger partial charge in [0.1, 0.15) is 0 Å². The van der Waals surface area contributed by atoms with Crippen LogP contribution in [0.1, 0.15) is 0 Å². The maximum atomic E-state index is 5.37. The second kappa shape index (κ2) is 7.26. The molecule has 4 heteroatoms. The number of ether oxygens (including phenoxy) is 3. The van der Waals surface area contributed by atoms with Gasteiger partial charge in [-0.15, -0.1) is 0 Å². The van der Waals surface area contributed by atoms with Crippen LogP contribution in [0, 0.1) is 0 Å². The standard InChI is InChI=1S/C9H19NO3/c1-10-2-4-11-6-8-13-9-7-12-5-3-10/h2-9H2,1H3. The minimum Gasteiger partial charge on any atom is -0.378 e. The summed E-state index contributed by atoms with van der Waals surface area (Å²) >= 11 is 0. The molecule has 1 rings (SSSR count). The third-order valence-electron chi connectivity index (χ3n) is 1.98. The van der Waals surface area contributed by atoms with Crippen LogP contribution in [0.25, 0.3) is 0 Å². The number of nitrogens with zero attached hydrogens (tertiary/aromatic N) is 1. The predicted octanol–water partition coefficient (Wildman–Crippen LogP) is -0.0184. The molecule has 0 aromatic heterocycles. The molecule has 1 aliphatic rings. The van der Waals surface area contributed by atoms with Crippen LogP contribution >= 0.6 is 0 Å². The zero-order chi connectivity index (χ0) is 9.36. The maximum absolute atomic E-state index is 5.37. The average Bonchev–Trinajstić information content (AvgIpc) is 2.11. The fraction of sp³-hybridized carbons (Fsp3) is 1.00. The van der Waals surface area contributed by atoms with Crippen molar-refractivity contribution in [2.24, 2.45) is 0 Å². The van der Waals surface area contributed by atoms with Gasteiger partial charge in [-0.2, -0.15) is 0 Å². The summed E-state index contributed by atoms with van der Waals surface area (Å²) in [6, 6.07) is 0. The van der Waals surface area contributed by atoms with Crippen molar-refractivity contribution in [3.63, 3.8) is 0 Å². The molecule has 1 saturated heterocycles. The molecule has 0 unspecified atom stereocenters. The molecule has 0 aromatic rings. The highest BCUT2D eigenvalue weighted by Crippen LogP contribution is 1.88. The van der Waals surface area contributed by atoms with Crippen LogP contribution in [0.2, 0.25) is 0 Å². The molecule has 1 aliphatic heterocycles. The molecule has 0 amide bonds. The second-order valence-corrected chi connectivity index (χ2v) is 3.14. The lowest BCUT2D eigenvalue weighted by Crippen LogP contribution is -2.28. The van der Waals surface area contributed by atoms with Gasteiger partial charge in [-0.3, -0.25) is 0 Å². The Morgan fingerprint density at radius 3 is 1.54 bits per heavy atom. The van der Waals surface area contributed by atoms with Crippen LogP contribution in [-0.4, -0.2) is 64.7 Å². The quantitative estimate of drug-likeness (QED) is 0.536. The Balaban J connectivity index is 2.11. The first-order valence-electron chi connectivity index (χ1n) is 4.81. The summed E-state index contributed by atoms with van der Waals surface area (Å²) in [7, 11) is 2.08. The second-order valence-electron chi connectivity index (χ2n) is 3.14. The van der Waals surface area contributed by atoms with Gasteiger partial charge >= 0.3 is 0 Å². The minimum atomic E-state index is 0.674. The molecule has 0 radical (unpaired) electrons. The van der Waals surface area contributed by atoms with E-state index in [1.807, 2.05) is 0 Å². The van der Waals surface area contributed by atoms with E-state index in [9.17, 15) is 0 Å². The number of hydrogen-bond acceptors (Lipinski definition) is 4. The normalized spacial score (nSPS) is 24.7. The van der Waals surface area contributed by atoms with Gasteiger partial charge in [0, 0.05) is 13.1 Å². The number of rotatable bonds is 0. The summed E-state index contributed by atoms with van der Waals surface area (Å²) in [5.74, 6) is 0. The monoisotopic (exact) mass is 189 g/mol. The van der Waals surface area contributed by atoms with Crippen LogP contribution in [0.3, 0.4) is 0 Å². The topological polar surface area (TPSA) is 30.9 Å². The number of likely N-dealkylation sites (N-methyl/N-ethyl adjacent to an activating group) is 1. The van der Waals surface area contributed by atoms with Crippen molar-refractivity contribution >= 4 is 0 Å². The van der Waals surface area contributed by atoms with Gasteiger partial charge in [0.05, 0.1) is 39.6 Å². The Morgan fingerprint density at radius 1 is 0.692 bits per heavy atom. The van der Waals surface area contributed by atoms with Crippen LogP contribution in [0.15, 0.2) is 0 Å². The summed E-state index contributed by atoms with van der Waals surface area (Å²) in [6.45, 7) is 6.20. The fourth-order valence-electron chi connectivity index (χ4n) is 1.09. The lowest BCUT2D eigenvalue weighted by molar-refractivity contribution is -0.00269. The molecular formula is C9H19NO3. The maximum Gasteiger partial charge on any atom is 0.0701 e. The largest absolute Gasteiger partial charge is 0.378 e. The van der Waals surface area contributed by atoms with Crippen LogP contribution in [-0.2, 0) is 14.2 Å². The molecule has 1 fully saturated rings. The van der Waals surface area contributed by atoms with Crippen molar-refractivity contribution in [2.45, 2.75) is 0 Å². The molecule has 0 saturated carbocycles. The van der Waals surface area contributed by atoms with E-state index in [1.54, 1.807) is 0 Å². The van der Waals surface area contributed by atoms with Gasteiger partial charge < -0.3 is 19.1 Å². The molecule has 0 N–H and O–H groups in total. The minimum absolute atomic E-state index is 0.674. The van der Waals surface area contributed by atoms with Gasteiger partial charge in [-0.25, -0.2) is 0 Å². The molecule has 4 nitrogen and oxygen atoms in total. The summed E-state index contributed by atoms with van der Waals surface area (Å²) in [5, 5.41) is 0. The molecule has 1 heterocycles. The first-order chi connectivity index (χ1) is 6.39. The third-order valence-corrected chi connectivity index (χ3v) is 1.98. The predicted molar refractivity (Wildman–Crippen MR) is 50.0 cm³/mol. The molecule has 0 aromatic carbocycles. The average molecular weight is 189 g/mol. The Morgan fingerprint density at radius 2 is 1.08 bits per heavy atom. The Hall–Kier alpha value is -0.160. The van der Waals surface area contributed by atoms with Gasteiger partial charge in [0.15, 0.2) is 0 Å². The lowest BCUT2D eigenvalue weighted by Gasteiger charge is -2.17. The summed E-state index contributed by atoms with van der Waals surface area (Å²) < 4.78 is 16.0. The summed E-state index contributed by atoms with van der Waals surface area (Å²) in [6.07, 6.45) is 0. The molecule has 0 bridgehead atoms. The first kappa shape index (κ1) is 10.9. The van der Waals surface area contributed by atoms with Crippen molar-refractivity contribution in [3.05, 3.63) is 0 Å². The SMILES string of the molecule is CN1CCOCCOCCOCC1.